The Bertz CT molecular complexity index is 291. The van der Waals surface area contributed by atoms with E-state index >= 15 is 0 Å². The predicted octanol–water partition coefficient (Wildman–Crippen LogP) is 3.40. The van der Waals surface area contributed by atoms with Crippen LogP contribution in [0.5, 0.6) is 0 Å². The van der Waals surface area contributed by atoms with Crippen LogP contribution in [0.15, 0.2) is 11.8 Å². The maximum atomic E-state index is 11.8. The number of amides is 2. The van der Waals surface area contributed by atoms with Gasteiger partial charge >= 0.3 is 0 Å². The van der Waals surface area contributed by atoms with E-state index in [2.05, 4.69) is 19.9 Å². The number of imide groups is 1. The molecule has 1 aliphatic rings. The molecule has 0 saturated carbocycles. The summed E-state index contributed by atoms with van der Waals surface area (Å²) in [6.07, 6.45) is 8.82. The number of allylic oxidation sites excluding steroid dienone is 2. The lowest BCUT2D eigenvalue weighted by atomic mass is 10.1. The van der Waals surface area contributed by atoms with Crippen LogP contribution in [0, 0.1) is 0 Å². The molecule has 1 aliphatic heterocycles. The normalized spacial score (nSPS) is 17.8. The topological polar surface area (TPSA) is 37.4 Å². The lowest BCUT2D eigenvalue weighted by Gasteiger charge is -2.27. The van der Waals surface area contributed by atoms with Crippen molar-refractivity contribution in [1.82, 2.24) is 4.90 Å². The van der Waals surface area contributed by atoms with E-state index in [-0.39, 0.29) is 11.8 Å². The van der Waals surface area contributed by atoms with Gasteiger partial charge in [-0.3, -0.25) is 14.5 Å². The molecule has 1 saturated heterocycles. The van der Waals surface area contributed by atoms with Crippen molar-refractivity contribution in [3.8, 4) is 0 Å². The number of carbonyl (C=O) groups excluding carboxylic acids is 2. The third-order valence-electron chi connectivity index (χ3n) is 3.01. The second-order valence-electron chi connectivity index (χ2n) is 4.56. The number of hydrogen-bond donors (Lipinski definition) is 0. The molecular weight excluding hydrogens is 214 g/mol. The molecule has 0 N–H and O–H groups in total. The summed E-state index contributed by atoms with van der Waals surface area (Å²) in [5.74, 6) is -0.0325. The van der Waals surface area contributed by atoms with Gasteiger partial charge in [0.25, 0.3) is 0 Å². The summed E-state index contributed by atoms with van der Waals surface area (Å²) in [6, 6.07) is 0. The Morgan fingerprint density at radius 1 is 1.18 bits per heavy atom. The first-order valence-electron chi connectivity index (χ1n) is 6.75. The van der Waals surface area contributed by atoms with Gasteiger partial charge in [-0.1, -0.05) is 39.2 Å². The maximum absolute atomic E-state index is 11.8. The molecule has 96 valence electrons. The van der Waals surface area contributed by atoms with Crippen molar-refractivity contribution in [3.05, 3.63) is 11.8 Å². The molecule has 2 amide bonds. The molecule has 0 aliphatic carbocycles. The first kappa shape index (κ1) is 13.9. The highest BCUT2D eigenvalue weighted by atomic mass is 16.2. The van der Waals surface area contributed by atoms with Crippen LogP contribution in [-0.2, 0) is 9.59 Å². The number of piperidine rings is 1. The monoisotopic (exact) mass is 237 g/mol. The summed E-state index contributed by atoms with van der Waals surface area (Å²) in [5.41, 5.74) is 0.927. The van der Waals surface area contributed by atoms with E-state index < -0.39 is 0 Å². The molecule has 0 aromatic heterocycles. The molecule has 0 atom stereocenters. The van der Waals surface area contributed by atoms with E-state index in [1.54, 1.807) is 0 Å². The van der Waals surface area contributed by atoms with E-state index in [1.165, 1.54) is 4.90 Å². The van der Waals surface area contributed by atoms with Crippen LogP contribution < -0.4 is 0 Å². The van der Waals surface area contributed by atoms with Crippen LogP contribution in [-0.4, -0.2) is 16.7 Å². The summed E-state index contributed by atoms with van der Waals surface area (Å²) < 4.78 is 0. The summed E-state index contributed by atoms with van der Waals surface area (Å²) in [6.45, 7) is 4.22. The first-order chi connectivity index (χ1) is 8.20. The third kappa shape index (κ3) is 3.99. The van der Waals surface area contributed by atoms with Crippen molar-refractivity contribution in [2.75, 3.05) is 0 Å². The number of carbonyl (C=O) groups is 2. The average Bonchev–Trinajstić information content (AvgIpc) is 2.29. The molecule has 1 heterocycles. The standard InChI is InChI=1S/C14H23NO2/c1-3-5-6-9-12(8-4-2)15-13(16)10-7-11-14(15)17/h9H,3-8,10-11H2,1-2H3. The molecule has 3 nitrogen and oxygen atoms in total. The summed E-state index contributed by atoms with van der Waals surface area (Å²) in [4.78, 5) is 25.1. The lowest BCUT2D eigenvalue weighted by Crippen LogP contribution is -2.39. The SMILES string of the molecule is CCCCC=C(CCC)N1C(=O)CCCC1=O. The number of unbranched alkanes of at least 4 members (excludes halogenated alkanes) is 2. The van der Waals surface area contributed by atoms with Gasteiger partial charge in [0.2, 0.25) is 11.8 Å². The van der Waals surface area contributed by atoms with Gasteiger partial charge in [0.15, 0.2) is 0 Å². The van der Waals surface area contributed by atoms with Gasteiger partial charge in [-0.05, 0) is 19.3 Å². The van der Waals surface area contributed by atoms with Gasteiger partial charge in [0.05, 0.1) is 0 Å². The summed E-state index contributed by atoms with van der Waals surface area (Å²) >= 11 is 0. The molecule has 0 aromatic carbocycles. The van der Waals surface area contributed by atoms with Crippen LogP contribution in [0.3, 0.4) is 0 Å². The zero-order valence-electron chi connectivity index (χ0n) is 11.0. The van der Waals surface area contributed by atoms with Crippen molar-refractivity contribution in [2.24, 2.45) is 0 Å². The zero-order valence-corrected chi connectivity index (χ0v) is 11.0. The Balaban J connectivity index is 2.76. The number of likely N-dealkylation sites (tertiary alicyclic amines) is 1. The van der Waals surface area contributed by atoms with Gasteiger partial charge in [0, 0.05) is 18.5 Å². The van der Waals surface area contributed by atoms with E-state index in [9.17, 15) is 9.59 Å². The number of rotatable bonds is 6. The molecule has 1 fully saturated rings. The fourth-order valence-electron chi connectivity index (χ4n) is 2.11. The van der Waals surface area contributed by atoms with Crippen molar-refractivity contribution >= 4 is 11.8 Å². The van der Waals surface area contributed by atoms with Crippen LogP contribution in [0.2, 0.25) is 0 Å². The highest BCUT2D eigenvalue weighted by molar-refractivity contribution is 5.99. The second kappa shape index (κ2) is 7.25. The van der Waals surface area contributed by atoms with Crippen LogP contribution in [0.25, 0.3) is 0 Å². The molecule has 0 unspecified atom stereocenters. The van der Waals surface area contributed by atoms with E-state index in [1.807, 2.05) is 0 Å². The van der Waals surface area contributed by atoms with Gasteiger partial charge in [-0.25, -0.2) is 0 Å². The van der Waals surface area contributed by atoms with Crippen molar-refractivity contribution in [2.45, 2.75) is 65.2 Å². The minimum atomic E-state index is -0.0163. The van der Waals surface area contributed by atoms with Crippen LogP contribution in [0.1, 0.15) is 65.2 Å². The predicted molar refractivity (Wildman–Crippen MR) is 68.2 cm³/mol. The molecule has 0 aromatic rings. The van der Waals surface area contributed by atoms with Crippen molar-refractivity contribution in [1.29, 1.82) is 0 Å². The molecule has 0 bridgehead atoms. The van der Waals surface area contributed by atoms with Crippen molar-refractivity contribution < 1.29 is 9.59 Å². The minimum Gasteiger partial charge on any atom is -0.274 e. The third-order valence-corrected chi connectivity index (χ3v) is 3.01. The first-order valence-corrected chi connectivity index (χ1v) is 6.75. The number of nitrogens with zero attached hydrogens (tertiary/aromatic N) is 1. The Kier molecular flexibility index (Phi) is 5.95. The number of hydrogen-bond acceptors (Lipinski definition) is 2. The Labute approximate surface area is 104 Å². The largest absolute Gasteiger partial charge is 0.274 e. The van der Waals surface area contributed by atoms with Crippen LogP contribution in [0.4, 0.5) is 0 Å². The molecule has 0 radical (unpaired) electrons. The van der Waals surface area contributed by atoms with Gasteiger partial charge in [-0.15, -0.1) is 0 Å². The highest BCUT2D eigenvalue weighted by Crippen LogP contribution is 2.21. The zero-order chi connectivity index (χ0) is 12.7. The minimum absolute atomic E-state index is 0.0163. The fourth-order valence-corrected chi connectivity index (χ4v) is 2.11. The smallest absolute Gasteiger partial charge is 0.233 e. The van der Waals surface area contributed by atoms with Crippen molar-refractivity contribution in [3.63, 3.8) is 0 Å². The van der Waals surface area contributed by atoms with Gasteiger partial charge < -0.3 is 0 Å². The maximum Gasteiger partial charge on any atom is 0.233 e. The lowest BCUT2D eigenvalue weighted by molar-refractivity contribution is -0.145. The molecular formula is C14H23NO2. The van der Waals surface area contributed by atoms with E-state index in [4.69, 9.17) is 0 Å². The highest BCUT2D eigenvalue weighted by Gasteiger charge is 2.28. The van der Waals surface area contributed by atoms with Gasteiger partial charge in [-0.2, -0.15) is 0 Å². The molecule has 1 rings (SSSR count). The Morgan fingerprint density at radius 2 is 1.82 bits per heavy atom. The van der Waals surface area contributed by atoms with Gasteiger partial charge in [0.1, 0.15) is 0 Å². The Morgan fingerprint density at radius 3 is 2.35 bits per heavy atom. The molecule has 17 heavy (non-hydrogen) atoms. The van der Waals surface area contributed by atoms with E-state index in [0.29, 0.717) is 19.3 Å². The van der Waals surface area contributed by atoms with Crippen LogP contribution >= 0.6 is 0 Å². The Hall–Kier alpha value is -1.12. The summed E-state index contributed by atoms with van der Waals surface area (Å²) in [5, 5.41) is 0. The second-order valence-corrected chi connectivity index (χ2v) is 4.56. The molecule has 3 heteroatoms. The fraction of sp³-hybridized carbons (Fsp3) is 0.714. The quantitative estimate of drug-likeness (QED) is 0.524. The average molecular weight is 237 g/mol. The van der Waals surface area contributed by atoms with E-state index in [0.717, 1.165) is 37.8 Å². The molecule has 0 spiro atoms. The summed E-state index contributed by atoms with van der Waals surface area (Å²) in [7, 11) is 0.